The molecular weight excluding hydrogens is 294 g/mol. The first-order chi connectivity index (χ1) is 11.0. The van der Waals surface area contributed by atoms with Gasteiger partial charge >= 0.3 is 11.9 Å². The van der Waals surface area contributed by atoms with Gasteiger partial charge in [-0.15, -0.1) is 0 Å². The second-order valence-electron chi connectivity index (χ2n) is 6.03. The Labute approximate surface area is 137 Å². The Morgan fingerprint density at radius 1 is 1.35 bits per heavy atom. The number of ether oxygens (including phenoxy) is 2. The van der Waals surface area contributed by atoms with Gasteiger partial charge in [-0.25, -0.2) is 4.79 Å². The molecule has 2 heterocycles. The summed E-state index contributed by atoms with van der Waals surface area (Å²) in [6.45, 7) is 4.77. The molecule has 2 atom stereocenters. The zero-order valence-corrected chi connectivity index (χ0v) is 14.3. The minimum absolute atomic E-state index is 0.160. The van der Waals surface area contributed by atoms with Crippen molar-refractivity contribution in [1.29, 1.82) is 0 Å². The van der Waals surface area contributed by atoms with Gasteiger partial charge < -0.3 is 14.0 Å². The van der Waals surface area contributed by atoms with Crippen LogP contribution in [0.2, 0.25) is 0 Å². The third-order valence-corrected chi connectivity index (χ3v) is 4.80. The first-order valence-electron chi connectivity index (χ1n) is 8.04. The zero-order valence-electron chi connectivity index (χ0n) is 14.3. The Kier molecular flexibility index (Phi) is 5.29. The molecule has 0 amide bonds. The van der Waals surface area contributed by atoms with E-state index in [-0.39, 0.29) is 23.3 Å². The lowest BCUT2D eigenvalue weighted by molar-refractivity contribution is -0.143. The number of hydrogen-bond acceptors (Lipinski definition) is 4. The number of fused-ring (bicyclic) bond motifs is 1. The normalized spacial score (nSPS) is 21.7. The van der Waals surface area contributed by atoms with Gasteiger partial charge in [0.2, 0.25) is 0 Å². The van der Waals surface area contributed by atoms with E-state index in [1.54, 1.807) is 0 Å². The zero-order chi connectivity index (χ0) is 17.0. The van der Waals surface area contributed by atoms with E-state index < -0.39 is 0 Å². The van der Waals surface area contributed by atoms with Crippen molar-refractivity contribution < 1.29 is 19.1 Å². The van der Waals surface area contributed by atoms with Crippen molar-refractivity contribution in [1.82, 2.24) is 4.57 Å². The summed E-state index contributed by atoms with van der Waals surface area (Å²) in [6, 6.07) is 3.83. The van der Waals surface area contributed by atoms with Crippen molar-refractivity contribution in [2.45, 2.75) is 45.1 Å². The van der Waals surface area contributed by atoms with Crippen LogP contribution in [-0.4, -0.2) is 30.7 Å². The molecule has 1 aliphatic rings. The number of esters is 2. The molecule has 1 aromatic heterocycles. The predicted octanol–water partition coefficient (Wildman–Crippen LogP) is 3.08. The van der Waals surface area contributed by atoms with E-state index >= 15 is 0 Å². The van der Waals surface area contributed by atoms with E-state index in [1.165, 1.54) is 14.2 Å². The van der Waals surface area contributed by atoms with Crippen LogP contribution < -0.4 is 0 Å². The third kappa shape index (κ3) is 3.19. The van der Waals surface area contributed by atoms with E-state index in [1.807, 2.05) is 29.7 Å². The summed E-state index contributed by atoms with van der Waals surface area (Å²) in [5.74, 6) is -0.835. The fraction of sp³-hybridized carbons (Fsp3) is 0.556. The van der Waals surface area contributed by atoms with Gasteiger partial charge in [-0.05, 0) is 38.3 Å². The van der Waals surface area contributed by atoms with E-state index in [4.69, 9.17) is 9.47 Å². The Bertz CT molecular complexity index is 617. The highest BCUT2D eigenvalue weighted by molar-refractivity contribution is 5.88. The van der Waals surface area contributed by atoms with Crippen molar-refractivity contribution in [2.75, 3.05) is 14.2 Å². The maximum atomic E-state index is 11.9. The molecule has 0 fully saturated rings. The number of aromatic nitrogens is 1. The standard InChI is InChI=1S/C18H25NO4/c1-5-18(11-9-13(2)16(20)22-3)10-6-12-19-14(17(21)23-4)7-8-15(18)19/h7-9,11,13H,5-6,10,12H2,1-4H3/t13-,18-/m1/s1. The number of rotatable bonds is 5. The molecule has 5 nitrogen and oxygen atoms in total. The van der Waals surface area contributed by atoms with Gasteiger partial charge in [0, 0.05) is 17.7 Å². The number of nitrogens with zero attached hydrogens (tertiary/aromatic N) is 1. The Morgan fingerprint density at radius 2 is 2.09 bits per heavy atom. The molecule has 0 N–H and O–H groups in total. The minimum Gasteiger partial charge on any atom is -0.469 e. The lowest BCUT2D eigenvalue weighted by atomic mass is 9.75. The summed E-state index contributed by atoms with van der Waals surface area (Å²) in [6.07, 6.45) is 6.91. The first kappa shape index (κ1) is 17.3. The highest BCUT2D eigenvalue weighted by Gasteiger charge is 2.35. The van der Waals surface area contributed by atoms with Gasteiger partial charge in [-0.2, -0.15) is 0 Å². The average molecular weight is 319 g/mol. The van der Waals surface area contributed by atoms with Crippen LogP contribution in [0, 0.1) is 5.92 Å². The number of methoxy groups -OCH3 is 2. The molecule has 2 rings (SSSR count). The Balaban J connectivity index is 2.38. The lowest BCUT2D eigenvalue weighted by Gasteiger charge is -2.36. The number of carbonyl (C=O) groups excluding carboxylic acids is 2. The summed E-state index contributed by atoms with van der Waals surface area (Å²) in [4.78, 5) is 23.5. The van der Waals surface area contributed by atoms with Crippen LogP contribution in [0.1, 0.15) is 49.3 Å². The molecule has 0 unspecified atom stereocenters. The van der Waals surface area contributed by atoms with Crippen LogP contribution in [0.4, 0.5) is 0 Å². The highest BCUT2D eigenvalue weighted by atomic mass is 16.5. The van der Waals surface area contributed by atoms with Crippen molar-refractivity contribution in [3.8, 4) is 0 Å². The topological polar surface area (TPSA) is 57.5 Å². The second-order valence-corrected chi connectivity index (χ2v) is 6.03. The van der Waals surface area contributed by atoms with E-state index in [9.17, 15) is 9.59 Å². The summed E-state index contributed by atoms with van der Waals surface area (Å²) in [7, 11) is 2.80. The van der Waals surface area contributed by atoms with Crippen molar-refractivity contribution >= 4 is 11.9 Å². The van der Waals surface area contributed by atoms with Crippen LogP contribution in [0.5, 0.6) is 0 Å². The van der Waals surface area contributed by atoms with Gasteiger partial charge in [0.05, 0.1) is 20.1 Å². The quantitative estimate of drug-likeness (QED) is 0.618. The van der Waals surface area contributed by atoms with Crippen molar-refractivity contribution in [3.05, 3.63) is 35.7 Å². The van der Waals surface area contributed by atoms with Crippen LogP contribution in [-0.2, 0) is 26.2 Å². The minimum atomic E-state index is -0.310. The van der Waals surface area contributed by atoms with Gasteiger partial charge in [-0.1, -0.05) is 19.1 Å². The van der Waals surface area contributed by atoms with Gasteiger partial charge in [0.25, 0.3) is 0 Å². The van der Waals surface area contributed by atoms with E-state index in [0.29, 0.717) is 5.69 Å². The Hall–Kier alpha value is -2.04. The molecular formula is C18H25NO4. The molecule has 0 radical (unpaired) electrons. The second kappa shape index (κ2) is 7.02. The molecule has 5 heteroatoms. The lowest BCUT2D eigenvalue weighted by Crippen LogP contribution is -2.32. The fourth-order valence-corrected chi connectivity index (χ4v) is 3.34. The number of hydrogen-bond donors (Lipinski definition) is 0. The largest absolute Gasteiger partial charge is 0.469 e. The molecule has 0 saturated carbocycles. The molecule has 126 valence electrons. The van der Waals surface area contributed by atoms with E-state index in [2.05, 4.69) is 13.0 Å². The summed E-state index contributed by atoms with van der Waals surface area (Å²) < 4.78 is 11.7. The maximum Gasteiger partial charge on any atom is 0.354 e. The smallest absolute Gasteiger partial charge is 0.354 e. The van der Waals surface area contributed by atoms with Crippen LogP contribution >= 0.6 is 0 Å². The highest BCUT2D eigenvalue weighted by Crippen LogP contribution is 2.40. The Morgan fingerprint density at radius 3 is 2.70 bits per heavy atom. The fourth-order valence-electron chi connectivity index (χ4n) is 3.34. The third-order valence-electron chi connectivity index (χ3n) is 4.80. The molecule has 23 heavy (non-hydrogen) atoms. The molecule has 1 aliphatic heterocycles. The summed E-state index contributed by atoms with van der Waals surface area (Å²) in [5, 5.41) is 0. The molecule has 0 aliphatic carbocycles. The summed E-state index contributed by atoms with van der Waals surface area (Å²) in [5.41, 5.74) is 1.54. The summed E-state index contributed by atoms with van der Waals surface area (Å²) >= 11 is 0. The van der Waals surface area contributed by atoms with E-state index in [0.717, 1.165) is 31.5 Å². The van der Waals surface area contributed by atoms with Gasteiger partial charge in [-0.3, -0.25) is 4.79 Å². The van der Waals surface area contributed by atoms with Crippen molar-refractivity contribution in [3.63, 3.8) is 0 Å². The maximum absolute atomic E-state index is 11.9. The average Bonchev–Trinajstić information content (AvgIpc) is 3.03. The first-order valence-corrected chi connectivity index (χ1v) is 8.04. The predicted molar refractivity (Wildman–Crippen MR) is 87.3 cm³/mol. The molecule has 0 saturated heterocycles. The SMILES string of the molecule is CC[C@]1(C=C[C@@H](C)C(=O)OC)CCCn2c(C(=O)OC)ccc21. The van der Waals surface area contributed by atoms with Crippen LogP contribution in [0.25, 0.3) is 0 Å². The van der Waals surface area contributed by atoms with Crippen LogP contribution in [0.3, 0.4) is 0 Å². The van der Waals surface area contributed by atoms with Gasteiger partial charge in [0.1, 0.15) is 5.69 Å². The van der Waals surface area contributed by atoms with Gasteiger partial charge in [0.15, 0.2) is 0 Å². The van der Waals surface area contributed by atoms with Crippen molar-refractivity contribution in [2.24, 2.45) is 5.92 Å². The molecule has 0 bridgehead atoms. The molecule has 1 aromatic rings. The monoisotopic (exact) mass is 319 g/mol. The molecule has 0 aromatic carbocycles. The van der Waals surface area contributed by atoms with Crippen LogP contribution in [0.15, 0.2) is 24.3 Å². The number of carbonyl (C=O) groups is 2. The molecule has 0 spiro atoms. The number of allylic oxidation sites excluding steroid dienone is 1.